The van der Waals surface area contributed by atoms with Gasteiger partial charge in [-0.15, -0.1) is 0 Å². The lowest BCUT2D eigenvalue weighted by Crippen LogP contribution is -2.67. The van der Waals surface area contributed by atoms with Crippen LogP contribution in [0.1, 0.15) is 64.5 Å². The van der Waals surface area contributed by atoms with E-state index in [1.165, 1.54) is 22.5 Å². The summed E-state index contributed by atoms with van der Waals surface area (Å²) < 4.78 is 49.2. The summed E-state index contributed by atoms with van der Waals surface area (Å²) in [5.41, 5.74) is 1.89. The second-order valence-electron chi connectivity index (χ2n) is 14.5. The zero-order valence-corrected chi connectivity index (χ0v) is 33.8. The van der Waals surface area contributed by atoms with Crippen molar-refractivity contribution in [2.75, 3.05) is 13.7 Å². The number of unbranched alkanes of at least 4 members (excludes halogenated alkanes) is 1. The minimum Gasteiger partial charge on any atom is -0.497 e. The third kappa shape index (κ3) is 12.4. The number of hydrogen-bond acceptors (Lipinski definition) is 7. The number of aliphatic hydroxyl groups excluding tert-OH is 1. The van der Waals surface area contributed by atoms with Gasteiger partial charge in [0, 0.05) is 12.5 Å². The Morgan fingerprint density at radius 1 is 0.830 bits per heavy atom. The molecule has 0 aliphatic carbocycles. The smallest absolute Gasteiger partial charge is 0.297 e. The molecule has 7 nitrogen and oxygen atoms in total. The molecule has 53 heavy (non-hydrogen) atoms. The standard InChI is InChI=1S/C44H56O7SSi/c1-35-24-30-41(31-25-35)52(46,47)50-34-38(45)32-40(49-33-37-26-28-39(48-6)29-27-37)19-13-9-7-8-12-18-36(2)51-53(44(3,4)5,42-20-14-10-15-21-42)43-22-16-11-17-23-43/h7,9-11,13-17,19-31,36,38,40,45H,8,12,18,32-34H2,1-6H3/b9-7+,19-13+/t36-,38-,40+/m1/s1. The zero-order chi connectivity index (χ0) is 38.3. The van der Waals surface area contributed by atoms with E-state index in [0.717, 1.165) is 36.1 Å². The summed E-state index contributed by atoms with van der Waals surface area (Å²) >= 11 is 0. The predicted molar refractivity (Wildman–Crippen MR) is 217 cm³/mol. The summed E-state index contributed by atoms with van der Waals surface area (Å²) in [5, 5.41) is 13.3. The van der Waals surface area contributed by atoms with Crippen LogP contribution in [0.15, 0.2) is 138 Å². The zero-order valence-electron chi connectivity index (χ0n) is 32.0. The first-order chi connectivity index (χ1) is 25.3. The molecule has 0 fully saturated rings. The van der Waals surface area contributed by atoms with Crippen LogP contribution in [-0.4, -0.2) is 53.9 Å². The molecule has 3 atom stereocenters. The molecule has 4 rings (SSSR count). The Bertz CT molecular complexity index is 1780. The van der Waals surface area contributed by atoms with E-state index in [2.05, 4.69) is 94.4 Å². The summed E-state index contributed by atoms with van der Waals surface area (Å²) in [7, 11) is -4.99. The summed E-state index contributed by atoms with van der Waals surface area (Å²) in [6, 6.07) is 35.4. The van der Waals surface area contributed by atoms with E-state index in [1.807, 2.05) is 49.4 Å². The third-order valence-corrected chi connectivity index (χ3v) is 15.7. The van der Waals surface area contributed by atoms with Gasteiger partial charge in [-0.2, -0.15) is 8.42 Å². The number of rotatable bonds is 20. The van der Waals surface area contributed by atoms with E-state index < -0.39 is 30.6 Å². The highest BCUT2D eigenvalue weighted by molar-refractivity contribution is 7.86. The van der Waals surface area contributed by atoms with Gasteiger partial charge in [-0.3, -0.25) is 4.18 Å². The number of ether oxygens (including phenoxy) is 2. The van der Waals surface area contributed by atoms with Crippen LogP contribution in [0.3, 0.4) is 0 Å². The minimum absolute atomic E-state index is 0.0524. The van der Waals surface area contributed by atoms with Gasteiger partial charge in [-0.05, 0) is 78.4 Å². The fraction of sp³-hybridized carbons (Fsp3) is 0.364. The van der Waals surface area contributed by atoms with Gasteiger partial charge in [0.05, 0.1) is 37.4 Å². The van der Waals surface area contributed by atoms with Crippen molar-refractivity contribution >= 4 is 28.8 Å². The number of hydrogen-bond donors (Lipinski definition) is 1. The van der Waals surface area contributed by atoms with Crippen molar-refractivity contribution in [1.82, 2.24) is 0 Å². The highest BCUT2D eigenvalue weighted by atomic mass is 32.2. The molecule has 0 heterocycles. The largest absolute Gasteiger partial charge is 0.497 e. The lowest BCUT2D eigenvalue weighted by atomic mass is 10.1. The topological polar surface area (TPSA) is 91.3 Å². The Balaban J connectivity index is 1.35. The highest BCUT2D eigenvalue weighted by Gasteiger charge is 2.50. The molecule has 0 saturated carbocycles. The molecule has 0 aliphatic rings. The SMILES string of the molecule is COc1ccc(CO[C@@H](/C=C/C=C/CCC[C@@H](C)O[Si](c2ccccc2)(c2ccccc2)C(C)(C)C)C[C@@H](O)COS(=O)(=O)c2ccc(C)cc2)cc1. The van der Waals surface area contributed by atoms with E-state index in [0.29, 0.717) is 6.61 Å². The average Bonchev–Trinajstić information content (AvgIpc) is 3.15. The second-order valence-corrected chi connectivity index (χ2v) is 20.3. The highest BCUT2D eigenvalue weighted by Crippen LogP contribution is 2.38. The van der Waals surface area contributed by atoms with Crippen molar-refractivity contribution in [3.8, 4) is 5.75 Å². The van der Waals surface area contributed by atoms with Crippen molar-refractivity contribution in [3.05, 3.63) is 145 Å². The molecule has 0 spiro atoms. The Morgan fingerprint density at radius 2 is 1.43 bits per heavy atom. The van der Waals surface area contributed by atoms with Gasteiger partial charge in [0.15, 0.2) is 0 Å². The molecule has 0 bridgehead atoms. The van der Waals surface area contributed by atoms with E-state index >= 15 is 0 Å². The van der Waals surface area contributed by atoms with Crippen molar-refractivity contribution in [2.24, 2.45) is 0 Å². The van der Waals surface area contributed by atoms with E-state index in [9.17, 15) is 13.5 Å². The van der Waals surface area contributed by atoms with Crippen LogP contribution in [0.25, 0.3) is 0 Å². The van der Waals surface area contributed by atoms with Crippen LogP contribution >= 0.6 is 0 Å². The molecule has 0 unspecified atom stereocenters. The molecule has 0 saturated heterocycles. The Hall–Kier alpha value is -3.83. The number of aryl methyl sites for hydroxylation is 1. The summed E-state index contributed by atoms with van der Waals surface area (Å²) in [5.74, 6) is 0.752. The van der Waals surface area contributed by atoms with Crippen LogP contribution in [0.2, 0.25) is 5.04 Å². The van der Waals surface area contributed by atoms with E-state index in [1.54, 1.807) is 19.2 Å². The molecule has 0 aromatic heterocycles. The molecular weight excluding hydrogens is 701 g/mol. The van der Waals surface area contributed by atoms with Crippen LogP contribution in [0, 0.1) is 6.92 Å². The van der Waals surface area contributed by atoms with Crippen molar-refractivity contribution < 1.29 is 31.6 Å². The van der Waals surface area contributed by atoms with Crippen LogP contribution in [0.4, 0.5) is 0 Å². The maximum Gasteiger partial charge on any atom is 0.297 e. The molecule has 4 aromatic carbocycles. The number of aliphatic hydroxyl groups is 1. The Labute approximate surface area is 318 Å². The summed E-state index contributed by atoms with van der Waals surface area (Å²) in [4.78, 5) is 0.0524. The van der Waals surface area contributed by atoms with Gasteiger partial charge in [0.2, 0.25) is 0 Å². The first-order valence-electron chi connectivity index (χ1n) is 18.3. The Kier molecular flexibility index (Phi) is 15.8. The van der Waals surface area contributed by atoms with Crippen LogP contribution < -0.4 is 15.1 Å². The predicted octanol–water partition coefficient (Wildman–Crippen LogP) is 8.29. The molecule has 9 heteroatoms. The van der Waals surface area contributed by atoms with Gasteiger partial charge >= 0.3 is 0 Å². The van der Waals surface area contributed by atoms with E-state index in [-0.39, 0.29) is 29.1 Å². The number of benzene rings is 4. The Morgan fingerprint density at radius 3 is 2.00 bits per heavy atom. The second kappa shape index (κ2) is 20.0. The van der Waals surface area contributed by atoms with Crippen LogP contribution in [-0.2, 0) is 30.1 Å². The maximum absolute atomic E-state index is 12.7. The number of allylic oxidation sites excluding steroid dienone is 3. The van der Waals surface area contributed by atoms with Crippen LogP contribution in [0.5, 0.6) is 5.75 Å². The van der Waals surface area contributed by atoms with Gasteiger partial charge < -0.3 is 19.0 Å². The minimum atomic E-state index is -4.00. The first kappa shape index (κ1) is 41.9. The molecule has 284 valence electrons. The first-order valence-corrected chi connectivity index (χ1v) is 21.7. The molecule has 0 amide bonds. The lowest BCUT2D eigenvalue weighted by molar-refractivity contribution is 0.0169. The third-order valence-electron chi connectivity index (χ3n) is 9.20. The summed E-state index contributed by atoms with van der Waals surface area (Å²) in [6.45, 7) is 10.9. The molecule has 1 N–H and O–H groups in total. The molecule has 4 aromatic rings. The van der Waals surface area contributed by atoms with Gasteiger partial charge in [0.25, 0.3) is 18.4 Å². The van der Waals surface area contributed by atoms with E-state index in [4.69, 9.17) is 18.1 Å². The number of methoxy groups -OCH3 is 1. The van der Waals surface area contributed by atoms with Crippen molar-refractivity contribution in [3.63, 3.8) is 0 Å². The quantitative estimate of drug-likeness (QED) is 0.0420. The van der Waals surface area contributed by atoms with Gasteiger partial charge in [-0.1, -0.05) is 136 Å². The average molecular weight is 757 g/mol. The maximum atomic E-state index is 12.7. The van der Waals surface area contributed by atoms with Crippen molar-refractivity contribution in [1.29, 1.82) is 0 Å². The van der Waals surface area contributed by atoms with Crippen molar-refractivity contribution in [2.45, 2.75) is 95.2 Å². The van der Waals surface area contributed by atoms with Gasteiger partial charge in [0.1, 0.15) is 5.75 Å². The lowest BCUT2D eigenvalue weighted by Gasteiger charge is -2.44. The normalized spacial score (nSPS) is 14.4. The summed E-state index contributed by atoms with van der Waals surface area (Å²) in [6.07, 6.45) is 9.34. The monoisotopic (exact) mass is 756 g/mol. The van der Waals surface area contributed by atoms with Gasteiger partial charge in [-0.25, -0.2) is 0 Å². The fourth-order valence-electron chi connectivity index (χ4n) is 6.34. The molecule has 0 radical (unpaired) electrons. The molecular formula is C44H56O7SSi. The molecule has 0 aliphatic heterocycles. The fourth-order valence-corrected chi connectivity index (χ4v) is 12.0.